The fourth-order valence-electron chi connectivity index (χ4n) is 10.4. The highest BCUT2D eigenvalue weighted by molar-refractivity contribution is 7.87. The van der Waals surface area contributed by atoms with Crippen molar-refractivity contribution in [3.05, 3.63) is 28.8 Å². The van der Waals surface area contributed by atoms with Crippen molar-refractivity contribution in [1.82, 2.24) is 29.5 Å². The number of aromatic carboxylic acids is 1. The second kappa shape index (κ2) is 17.7. The Kier molecular flexibility index (Phi) is 13.6. The van der Waals surface area contributed by atoms with Crippen molar-refractivity contribution < 1.29 is 61.1 Å². The molecule has 3 aliphatic carbocycles. The van der Waals surface area contributed by atoms with E-state index in [1.165, 1.54) is 18.1 Å². The molecule has 7 rings (SSSR count). The zero-order valence-corrected chi connectivity index (χ0v) is 39.7. The van der Waals surface area contributed by atoms with Crippen LogP contribution < -0.4 is 20.1 Å². The van der Waals surface area contributed by atoms with E-state index in [4.69, 9.17) is 18.8 Å². The molecule has 6 fully saturated rings. The molecule has 1 aromatic rings. The predicted molar refractivity (Wildman–Crippen MR) is 233 cm³/mol. The van der Waals surface area contributed by atoms with Crippen LogP contribution in [0.3, 0.4) is 0 Å². The molecule has 6 atom stereocenters. The van der Waals surface area contributed by atoms with Gasteiger partial charge >= 0.3 is 47.2 Å². The van der Waals surface area contributed by atoms with E-state index in [-0.39, 0.29) is 80.7 Å². The third-order valence-electron chi connectivity index (χ3n) is 14.0. The highest BCUT2D eigenvalue weighted by atomic mass is 32.2. The van der Waals surface area contributed by atoms with E-state index in [0.717, 1.165) is 27.6 Å². The lowest BCUT2D eigenvalue weighted by Gasteiger charge is -2.64. The van der Waals surface area contributed by atoms with Crippen LogP contribution in [-0.4, -0.2) is 140 Å². The van der Waals surface area contributed by atoms with Crippen molar-refractivity contribution in [1.29, 1.82) is 0 Å². The number of methoxy groups -OCH3 is 1. The van der Waals surface area contributed by atoms with Crippen LogP contribution in [0.4, 0.5) is 9.59 Å². The van der Waals surface area contributed by atoms with Gasteiger partial charge in [0.2, 0.25) is 5.91 Å². The van der Waals surface area contributed by atoms with E-state index < -0.39 is 87.7 Å². The Morgan fingerprint density at radius 1 is 0.969 bits per heavy atom. The average molecular weight is 917 g/mol. The van der Waals surface area contributed by atoms with Crippen LogP contribution in [0, 0.1) is 23.2 Å². The number of ether oxygens (including phenoxy) is 2. The van der Waals surface area contributed by atoms with Gasteiger partial charge in [0.05, 0.1) is 24.8 Å². The normalized spacial score (nSPS) is 26.0. The van der Waals surface area contributed by atoms with Gasteiger partial charge in [0.25, 0.3) is 0 Å². The molecule has 6 amide bonds. The van der Waals surface area contributed by atoms with E-state index in [0.29, 0.717) is 11.5 Å². The summed E-state index contributed by atoms with van der Waals surface area (Å²) in [5.74, 6) is -4.87. The van der Waals surface area contributed by atoms with Gasteiger partial charge in [0.1, 0.15) is 23.0 Å². The van der Waals surface area contributed by atoms with Gasteiger partial charge in [-0.2, -0.15) is 12.7 Å². The number of piperazine rings is 1. The summed E-state index contributed by atoms with van der Waals surface area (Å²) in [6, 6.07) is 0.854. The molecule has 354 valence electrons. The molecule has 3 aliphatic heterocycles. The van der Waals surface area contributed by atoms with Crippen LogP contribution in [-0.2, 0) is 50.5 Å². The molecule has 0 spiro atoms. The zero-order chi connectivity index (χ0) is 47.5. The number of hydrogen-bond acceptors (Lipinski definition) is 12. The van der Waals surface area contributed by atoms with Gasteiger partial charge in [0.15, 0.2) is 0 Å². The average Bonchev–Trinajstić information content (AvgIpc) is 3.56. The maximum Gasteiger partial charge on any atom is 0.482 e. The first-order valence-corrected chi connectivity index (χ1v) is 23.6. The minimum atomic E-state index is -4.37. The second-order valence-electron chi connectivity index (χ2n) is 20.5. The number of likely N-dealkylation sites (N-methyl/N-ethyl adjacent to an activating group) is 1. The summed E-state index contributed by atoms with van der Waals surface area (Å²) in [5, 5.41) is 16.1. The second-order valence-corrected chi connectivity index (χ2v) is 22.2. The fraction of sp³-hybridized carbons (Fsp3) is 0.721. The molecule has 2 unspecified atom stereocenters. The van der Waals surface area contributed by atoms with E-state index in [2.05, 4.69) is 24.5 Å². The van der Waals surface area contributed by atoms with Crippen LogP contribution in [0.15, 0.2) is 12.1 Å². The Hall–Kier alpha value is -4.47. The van der Waals surface area contributed by atoms with Crippen LogP contribution in [0.1, 0.15) is 116 Å². The lowest BCUT2D eigenvalue weighted by Crippen LogP contribution is -2.65. The Morgan fingerprint density at radius 3 is 2.19 bits per heavy atom. The molecule has 19 nitrogen and oxygen atoms in total. The largest absolute Gasteiger partial charge is 0.496 e. The molecule has 6 aliphatic rings. The van der Waals surface area contributed by atoms with Crippen molar-refractivity contribution in [2.24, 2.45) is 23.2 Å². The highest BCUT2D eigenvalue weighted by Gasteiger charge is 2.68. The smallest absolute Gasteiger partial charge is 0.482 e. The fourth-order valence-corrected chi connectivity index (χ4v) is 11.5. The summed E-state index contributed by atoms with van der Waals surface area (Å²) in [6.45, 7) is 18.8. The number of carbonyl (C=O) groups is 6. The number of carboxylic acids is 1. The maximum absolute atomic E-state index is 15.1. The molecule has 3 saturated heterocycles. The molecule has 4 N–H and O–H groups in total. The third-order valence-corrected chi connectivity index (χ3v) is 15.4. The molecule has 2 bridgehead atoms. The summed E-state index contributed by atoms with van der Waals surface area (Å²) in [6.07, 6.45) is 0.288. The minimum absolute atomic E-state index is 0.0116. The molecular formula is C43H65BN6O13S. The number of piperidine rings is 1. The van der Waals surface area contributed by atoms with Crippen molar-refractivity contribution in [3.63, 3.8) is 0 Å². The molecule has 3 saturated carbocycles. The molecule has 21 heteroatoms. The van der Waals surface area contributed by atoms with E-state index in [1.54, 1.807) is 33.8 Å². The van der Waals surface area contributed by atoms with E-state index >= 15 is 4.79 Å². The van der Waals surface area contributed by atoms with Crippen molar-refractivity contribution in [2.45, 2.75) is 136 Å². The molecular weight excluding hydrogens is 851 g/mol. The zero-order valence-electron chi connectivity index (χ0n) is 38.9. The molecule has 0 radical (unpaired) electrons. The Bertz CT molecular complexity index is 2150. The summed E-state index contributed by atoms with van der Waals surface area (Å²) in [7, 11) is -4.03. The number of benzene rings is 1. The molecule has 1 aromatic carbocycles. The number of carbonyl (C=O) groups excluding carboxylic acids is 5. The lowest BCUT2D eigenvalue weighted by atomic mass is 9.43. The first-order valence-electron chi connectivity index (χ1n) is 22.1. The topological polar surface area (TPSA) is 240 Å². The Balaban J connectivity index is 1.35. The monoisotopic (exact) mass is 916 g/mol. The number of nitrogens with zero attached hydrogens (tertiary/aromatic N) is 3. The number of nitrogens with one attached hydrogen (secondary N) is 3. The van der Waals surface area contributed by atoms with Gasteiger partial charge in [-0.15, -0.1) is 0 Å². The summed E-state index contributed by atoms with van der Waals surface area (Å²) in [5.41, 5.74) is -1.02. The number of carboxylic acid groups (broad SMARTS) is 1. The number of hydrogen-bond donors (Lipinski definition) is 4. The van der Waals surface area contributed by atoms with Crippen LogP contribution in [0.25, 0.3) is 0 Å². The number of rotatable bonds is 12. The van der Waals surface area contributed by atoms with Crippen LogP contribution in [0.5, 0.6) is 5.75 Å². The Labute approximate surface area is 376 Å². The van der Waals surface area contributed by atoms with Gasteiger partial charge in [-0.25, -0.2) is 19.1 Å². The quantitative estimate of drug-likeness (QED) is 0.174. The van der Waals surface area contributed by atoms with Crippen molar-refractivity contribution in [3.8, 4) is 5.75 Å². The van der Waals surface area contributed by atoms with Crippen LogP contribution >= 0.6 is 0 Å². The van der Waals surface area contributed by atoms with Crippen molar-refractivity contribution in [2.75, 3.05) is 39.8 Å². The van der Waals surface area contributed by atoms with Gasteiger partial charge in [-0.3, -0.25) is 19.3 Å². The van der Waals surface area contributed by atoms with Gasteiger partial charge in [0, 0.05) is 38.3 Å². The predicted octanol–water partition coefficient (Wildman–Crippen LogP) is 3.24. The Morgan fingerprint density at radius 2 is 1.62 bits per heavy atom. The van der Waals surface area contributed by atoms with Gasteiger partial charge < -0.3 is 39.4 Å². The van der Waals surface area contributed by atoms with Crippen LogP contribution in [0.2, 0.25) is 0 Å². The molecule has 3 heterocycles. The number of imide groups is 1. The third kappa shape index (κ3) is 9.58. The standard InChI is InChI=1S/C43H65BN6O13S/c1-12-48-19-20-50(36(53)35(48)52)38(56)46-32(24-15-17-49(18-16-24)64(58,59)47-39(57)61-41(5,6)7)34(51)45-31(44-62-30-22-25-21-29(42(25,8)9)43(30,10)63-44)23-27-28(40(2,3)4)14-13-26(37(54)55)33(27)60-11/h13-14,24-25,29-32H,12,15-23H2,1-11H3,(H,45,51)(H,46,56)(H,47,57)(H,54,55)/t25-,29-,30+,31?,32?,43-/m0/s1. The van der Waals surface area contributed by atoms with E-state index in [9.17, 15) is 37.5 Å². The maximum atomic E-state index is 15.1. The minimum Gasteiger partial charge on any atom is -0.496 e. The molecule has 64 heavy (non-hydrogen) atoms. The lowest BCUT2D eigenvalue weighted by molar-refractivity contribution is -0.199. The first-order chi connectivity index (χ1) is 29.6. The number of urea groups is 1. The SMILES string of the molecule is CCN1CCN(C(=O)NC(C(=O)NC(Cc2c(C(C)(C)C)ccc(C(=O)O)c2OC)B2O[C@@H]3C[C@@H]4C[C@@H](C4(C)C)[C@]3(C)O2)C2CCN(S(=O)(=O)NC(=O)OC(C)(C)C)CC2)C(=O)C1=O. The van der Waals surface area contributed by atoms with Crippen molar-refractivity contribution >= 4 is 53.1 Å². The number of amides is 6. The van der Waals surface area contributed by atoms with E-state index in [1.807, 2.05) is 32.4 Å². The summed E-state index contributed by atoms with van der Waals surface area (Å²) >= 11 is 0. The summed E-state index contributed by atoms with van der Waals surface area (Å²) < 4.78 is 54.2. The van der Waals surface area contributed by atoms with Gasteiger partial charge in [-0.1, -0.05) is 40.7 Å². The summed E-state index contributed by atoms with van der Waals surface area (Å²) in [4.78, 5) is 82.2. The van der Waals surface area contributed by atoms with Gasteiger partial charge in [-0.05, 0) is 107 Å². The first kappa shape index (κ1) is 49.0. The highest BCUT2D eigenvalue weighted by Crippen LogP contribution is 2.65. The molecule has 0 aromatic heterocycles.